The topological polar surface area (TPSA) is 133 Å². The molecule has 1 aliphatic rings. The number of hydrogen-bond acceptors (Lipinski definition) is 7. The molecule has 1 amide bonds. The summed E-state index contributed by atoms with van der Waals surface area (Å²) in [4.78, 5) is 12.3. The monoisotopic (exact) mass is 368 g/mol. The van der Waals surface area contributed by atoms with Crippen molar-refractivity contribution in [3.63, 3.8) is 0 Å². The second-order valence-electron chi connectivity index (χ2n) is 5.46. The lowest BCUT2D eigenvalue weighted by Crippen LogP contribution is -2.23. The maximum absolute atomic E-state index is 12.3. The summed E-state index contributed by atoms with van der Waals surface area (Å²) in [6.07, 6.45) is 2.10. The van der Waals surface area contributed by atoms with Gasteiger partial charge in [0, 0.05) is 5.69 Å². The van der Waals surface area contributed by atoms with E-state index in [9.17, 15) is 13.2 Å². The van der Waals surface area contributed by atoms with Crippen LogP contribution in [0.3, 0.4) is 0 Å². The van der Waals surface area contributed by atoms with Crippen LogP contribution in [0.25, 0.3) is 0 Å². The van der Waals surface area contributed by atoms with Gasteiger partial charge in [-0.1, -0.05) is 11.8 Å². The molecule has 3 rings (SSSR count). The zero-order valence-corrected chi connectivity index (χ0v) is 14.4. The number of sulfonamides is 1. The van der Waals surface area contributed by atoms with Crippen molar-refractivity contribution < 1.29 is 13.2 Å². The van der Waals surface area contributed by atoms with Gasteiger partial charge in [-0.2, -0.15) is 0 Å². The van der Waals surface area contributed by atoms with Gasteiger partial charge in [-0.05, 0) is 54.5 Å². The fourth-order valence-electron chi connectivity index (χ4n) is 1.99. The van der Waals surface area contributed by atoms with Crippen LogP contribution in [0.4, 0.5) is 5.69 Å². The Morgan fingerprint density at radius 2 is 2.04 bits per heavy atom. The van der Waals surface area contributed by atoms with E-state index >= 15 is 0 Å². The van der Waals surface area contributed by atoms with Crippen LogP contribution in [0, 0.1) is 0 Å². The van der Waals surface area contributed by atoms with Gasteiger partial charge in [-0.3, -0.25) is 4.79 Å². The number of primary sulfonamides is 1. The summed E-state index contributed by atoms with van der Waals surface area (Å²) in [7, 11) is -3.75. The first-order valence-corrected chi connectivity index (χ1v) is 9.65. The minimum Gasteiger partial charge on any atom is -0.325 e. The number of thioether (sulfide) groups is 1. The fraction of sp³-hybridized carbons (Fsp3) is 0.385. The number of aromatic nitrogens is 4. The molecule has 24 heavy (non-hydrogen) atoms. The number of nitrogens with zero attached hydrogens (tertiary/aromatic N) is 4. The van der Waals surface area contributed by atoms with E-state index in [1.807, 2.05) is 0 Å². The van der Waals surface area contributed by atoms with E-state index in [2.05, 4.69) is 20.8 Å². The van der Waals surface area contributed by atoms with Gasteiger partial charge >= 0.3 is 0 Å². The predicted molar refractivity (Wildman–Crippen MR) is 87.9 cm³/mol. The van der Waals surface area contributed by atoms with Crippen LogP contribution in [0.15, 0.2) is 34.3 Å². The summed E-state index contributed by atoms with van der Waals surface area (Å²) in [5.41, 5.74) is 0.488. The highest BCUT2D eigenvalue weighted by Crippen LogP contribution is 2.37. The van der Waals surface area contributed by atoms with Gasteiger partial charge in [0.2, 0.25) is 21.1 Å². The van der Waals surface area contributed by atoms with Gasteiger partial charge in [0.25, 0.3) is 0 Å². The fourth-order valence-corrected chi connectivity index (χ4v) is 3.37. The molecule has 3 N–H and O–H groups in total. The number of amides is 1. The molecule has 11 heteroatoms. The molecular weight excluding hydrogens is 352 g/mol. The van der Waals surface area contributed by atoms with Gasteiger partial charge in [-0.25, -0.2) is 18.2 Å². The maximum atomic E-state index is 12.3. The molecule has 2 aromatic rings. The molecule has 0 spiro atoms. The summed E-state index contributed by atoms with van der Waals surface area (Å²) in [6.45, 7) is 1.75. The molecule has 0 aliphatic heterocycles. The average molecular weight is 368 g/mol. The lowest BCUT2D eigenvalue weighted by atomic mass is 10.3. The average Bonchev–Trinajstić information content (AvgIpc) is 3.27. The Kier molecular flexibility index (Phi) is 4.56. The first kappa shape index (κ1) is 16.9. The molecule has 1 heterocycles. The zero-order chi connectivity index (χ0) is 17.3. The third-order valence-electron chi connectivity index (χ3n) is 3.46. The summed E-state index contributed by atoms with van der Waals surface area (Å²) in [5, 5.41) is 19.5. The van der Waals surface area contributed by atoms with E-state index < -0.39 is 15.3 Å². The summed E-state index contributed by atoms with van der Waals surface area (Å²) < 4.78 is 24.2. The third kappa shape index (κ3) is 3.91. The number of hydrogen-bond donors (Lipinski definition) is 2. The molecule has 128 valence electrons. The largest absolute Gasteiger partial charge is 0.325 e. The Morgan fingerprint density at radius 3 is 2.62 bits per heavy atom. The molecule has 1 aromatic heterocycles. The summed E-state index contributed by atoms with van der Waals surface area (Å²) in [6, 6.07) is 6.00. The third-order valence-corrected chi connectivity index (χ3v) is 5.43. The molecule has 0 saturated heterocycles. The van der Waals surface area contributed by atoms with Crippen LogP contribution in [0.5, 0.6) is 0 Å². The van der Waals surface area contributed by atoms with Crippen molar-refractivity contribution in [2.75, 3.05) is 5.32 Å². The number of carbonyl (C=O) groups excluding carboxylic acids is 1. The lowest BCUT2D eigenvalue weighted by Gasteiger charge is -2.11. The number of nitrogens with one attached hydrogen (secondary N) is 1. The second-order valence-corrected chi connectivity index (χ2v) is 8.33. The first-order valence-electron chi connectivity index (χ1n) is 7.23. The number of nitrogens with two attached hydrogens (primary N) is 1. The van der Waals surface area contributed by atoms with Crippen LogP contribution in [0.1, 0.15) is 25.8 Å². The molecule has 0 unspecified atom stereocenters. The Labute approximate surface area is 143 Å². The minimum absolute atomic E-state index is 0.00784. The molecule has 1 aromatic carbocycles. The van der Waals surface area contributed by atoms with E-state index in [1.54, 1.807) is 11.6 Å². The number of carbonyl (C=O) groups is 1. The predicted octanol–water partition coefficient (Wildman–Crippen LogP) is 0.775. The molecule has 1 saturated carbocycles. The standard InChI is InChI=1S/C13H16N6O3S2/c1-8(23-13-16-17-18-19(13)10-4-5-10)12(20)15-9-2-6-11(7-3-9)24(14,21)22/h2-3,6-8,10H,4-5H2,1H3,(H,15,20)(H2,14,21,22)/t8-/m0/s1. The van der Waals surface area contributed by atoms with Crippen LogP contribution in [0.2, 0.25) is 0 Å². The van der Waals surface area contributed by atoms with Crippen molar-refractivity contribution in [1.82, 2.24) is 20.2 Å². The van der Waals surface area contributed by atoms with E-state index in [-0.39, 0.29) is 10.8 Å². The Hall–Kier alpha value is -1.98. The first-order chi connectivity index (χ1) is 11.3. The van der Waals surface area contributed by atoms with Crippen LogP contribution in [-0.4, -0.2) is 39.8 Å². The van der Waals surface area contributed by atoms with Crippen molar-refractivity contribution in [2.24, 2.45) is 5.14 Å². The van der Waals surface area contributed by atoms with Crippen molar-refractivity contribution in [1.29, 1.82) is 0 Å². The number of rotatable bonds is 6. The molecule has 1 fully saturated rings. The minimum atomic E-state index is -3.75. The quantitative estimate of drug-likeness (QED) is 0.720. The maximum Gasteiger partial charge on any atom is 0.238 e. The normalized spacial score (nSPS) is 15.9. The highest BCUT2D eigenvalue weighted by molar-refractivity contribution is 8.00. The van der Waals surface area contributed by atoms with Gasteiger partial charge in [-0.15, -0.1) is 5.10 Å². The smallest absolute Gasteiger partial charge is 0.238 e. The number of benzene rings is 1. The Morgan fingerprint density at radius 1 is 1.38 bits per heavy atom. The summed E-state index contributed by atoms with van der Waals surface area (Å²) in [5.74, 6) is -0.228. The van der Waals surface area contributed by atoms with Gasteiger partial charge < -0.3 is 5.32 Å². The SMILES string of the molecule is C[C@H](Sc1nnnn1C1CC1)C(=O)Nc1ccc(S(N)(=O)=O)cc1. The number of anilines is 1. The van der Waals surface area contributed by atoms with Gasteiger partial charge in [0.1, 0.15) is 0 Å². The van der Waals surface area contributed by atoms with Crippen molar-refractivity contribution in [3.05, 3.63) is 24.3 Å². The number of tetrazole rings is 1. The van der Waals surface area contributed by atoms with Gasteiger partial charge in [0.15, 0.2) is 0 Å². The molecule has 0 radical (unpaired) electrons. The zero-order valence-electron chi connectivity index (χ0n) is 12.8. The lowest BCUT2D eigenvalue weighted by molar-refractivity contribution is -0.115. The molecular formula is C13H16N6O3S2. The molecule has 1 aliphatic carbocycles. The summed E-state index contributed by atoms with van der Waals surface area (Å²) >= 11 is 1.28. The van der Waals surface area contributed by atoms with Crippen LogP contribution < -0.4 is 10.5 Å². The Balaban J connectivity index is 1.62. The van der Waals surface area contributed by atoms with Gasteiger partial charge in [0.05, 0.1) is 16.2 Å². The highest BCUT2D eigenvalue weighted by Gasteiger charge is 2.29. The molecule has 0 bridgehead atoms. The van der Waals surface area contributed by atoms with Crippen molar-refractivity contribution >= 4 is 33.4 Å². The van der Waals surface area contributed by atoms with Crippen molar-refractivity contribution in [3.8, 4) is 0 Å². The molecule has 9 nitrogen and oxygen atoms in total. The van der Waals surface area contributed by atoms with E-state index in [1.165, 1.54) is 36.0 Å². The van der Waals surface area contributed by atoms with Crippen LogP contribution >= 0.6 is 11.8 Å². The Bertz CT molecular complexity index is 845. The second kappa shape index (κ2) is 6.49. The van der Waals surface area contributed by atoms with Crippen LogP contribution in [-0.2, 0) is 14.8 Å². The van der Waals surface area contributed by atoms with E-state index in [4.69, 9.17) is 5.14 Å². The van der Waals surface area contributed by atoms with E-state index in [0.717, 1.165) is 12.8 Å². The highest BCUT2D eigenvalue weighted by atomic mass is 32.2. The molecule has 1 atom stereocenters. The van der Waals surface area contributed by atoms with Crippen molar-refractivity contribution in [2.45, 2.75) is 41.1 Å². The van der Waals surface area contributed by atoms with E-state index in [0.29, 0.717) is 16.9 Å².